The topological polar surface area (TPSA) is 50.2 Å². The van der Waals surface area contributed by atoms with E-state index in [4.69, 9.17) is 5.11 Å². The molecule has 1 atom stereocenters. The smallest absolute Gasteiger partial charge is 0.311 e. The Balaban J connectivity index is 3.22. The predicted molar refractivity (Wildman–Crippen MR) is 57.1 cm³/mol. The summed E-state index contributed by atoms with van der Waals surface area (Å²) in [5, 5.41) is 9.00. The van der Waals surface area contributed by atoms with Gasteiger partial charge in [-0.3, -0.25) is 4.79 Å². The summed E-state index contributed by atoms with van der Waals surface area (Å²) in [5.74, 6) is -2.81. The highest BCUT2D eigenvalue weighted by Crippen LogP contribution is 2.28. The number of nitrogens with zero attached hydrogens (tertiary/aromatic N) is 1. The molecule has 0 aliphatic rings. The molecule has 1 N–H and O–H groups in total. The fraction of sp³-hybridized carbons (Fsp3) is 0.400. The third kappa shape index (κ3) is 2.75. The lowest BCUT2D eigenvalue weighted by Gasteiger charge is -2.16. The quantitative estimate of drug-likeness (QED) is 0.863. The molecule has 0 saturated heterocycles. The van der Waals surface area contributed by atoms with Gasteiger partial charge in [0.15, 0.2) is 0 Å². The van der Waals surface area contributed by atoms with Crippen LogP contribution in [0, 0.1) is 11.9 Å². The third-order valence-electron chi connectivity index (χ3n) is 2.10. The number of carbonyl (C=O) groups is 1. The van der Waals surface area contributed by atoms with Gasteiger partial charge in [0, 0.05) is 16.2 Å². The first-order valence-electron chi connectivity index (χ1n) is 4.47. The van der Waals surface area contributed by atoms with Crippen molar-refractivity contribution >= 4 is 21.9 Å². The van der Waals surface area contributed by atoms with Gasteiger partial charge in [0.05, 0.1) is 5.92 Å². The first-order valence-corrected chi connectivity index (χ1v) is 5.26. The van der Waals surface area contributed by atoms with Crippen molar-refractivity contribution in [2.24, 2.45) is 5.92 Å². The minimum atomic E-state index is -1.04. The van der Waals surface area contributed by atoms with E-state index in [1.54, 1.807) is 13.8 Å². The summed E-state index contributed by atoms with van der Waals surface area (Å²) in [6, 6.07) is 1.46. The van der Waals surface area contributed by atoms with Crippen LogP contribution < -0.4 is 0 Å². The SMILES string of the molecule is CC(C)C(C(=O)O)c1cc(Br)cnc1F. The highest BCUT2D eigenvalue weighted by atomic mass is 79.9. The molecule has 0 amide bonds. The van der Waals surface area contributed by atoms with E-state index in [-0.39, 0.29) is 11.5 Å². The summed E-state index contributed by atoms with van der Waals surface area (Å²) in [6.45, 7) is 3.47. The van der Waals surface area contributed by atoms with Gasteiger partial charge in [0.25, 0.3) is 0 Å². The summed E-state index contributed by atoms with van der Waals surface area (Å²) < 4.78 is 13.9. The van der Waals surface area contributed by atoms with Gasteiger partial charge in [-0.25, -0.2) is 4.98 Å². The zero-order chi connectivity index (χ0) is 11.6. The monoisotopic (exact) mass is 275 g/mol. The molecule has 0 aromatic carbocycles. The van der Waals surface area contributed by atoms with Crippen LogP contribution in [-0.4, -0.2) is 16.1 Å². The minimum Gasteiger partial charge on any atom is -0.481 e. The zero-order valence-corrected chi connectivity index (χ0v) is 9.95. The third-order valence-corrected chi connectivity index (χ3v) is 2.53. The maximum atomic E-state index is 13.3. The first-order chi connectivity index (χ1) is 6.93. The molecule has 1 aromatic heterocycles. The van der Waals surface area contributed by atoms with Crippen molar-refractivity contribution in [3.05, 3.63) is 28.2 Å². The number of carboxylic acid groups (broad SMARTS) is 1. The number of aromatic nitrogens is 1. The van der Waals surface area contributed by atoms with E-state index in [0.29, 0.717) is 4.47 Å². The number of carboxylic acids is 1. The molecule has 5 heteroatoms. The van der Waals surface area contributed by atoms with Crippen molar-refractivity contribution in [3.8, 4) is 0 Å². The van der Waals surface area contributed by atoms with E-state index in [0.717, 1.165) is 0 Å². The Labute approximate surface area is 95.5 Å². The average Bonchev–Trinajstić information content (AvgIpc) is 2.10. The molecule has 15 heavy (non-hydrogen) atoms. The van der Waals surface area contributed by atoms with Gasteiger partial charge in [0.2, 0.25) is 5.95 Å². The predicted octanol–water partition coefficient (Wildman–Crippen LogP) is 2.81. The second kappa shape index (κ2) is 4.70. The van der Waals surface area contributed by atoms with Crippen LogP contribution in [0.3, 0.4) is 0 Å². The standard InChI is InChI=1S/C10H11BrFNO2/c1-5(2)8(10(14)15)7-3-6(11)4-13-9(7)12/h3-5,8H,1-2H3,(H,14,15). The summed E-state index contributed by atoms with van der Waals surface area (Å²) in [7, 11) is 0. The largest absolute Gasteiger partial charge is 0.481 e. The molecule has 1 aromatic rings. The van der Waals surface area contributed by atoms with Crippen LogP contribution in [0.5, 0.6) is 0 Å². The van der Waals surface area contributed by atoms with Crippen LogP contribution in [-0.2, 0) is 4.79 Å². The molecule has 0 fully saturated rings. The Morgan fingerprint density at radius 3 is 2.67 bits per heavy atom. The van der Waals surface area contributed by atoms with Crippen LogP contribution in [0.1, 0.15) is 25.3 Å². The fourth-order valence-corrected chi connectivity index (χ4v) is 1.78. The van der Waals surface area contributed by atoms with Gasteiger partial charge in [-0.1, -0.05) is 13.8 Å². The molecule has 3 nitrogen and oxygen atoms in total. The summed E-state index contributed by atoms with van der Waals surface area (Å²) in [5.41, 5.74) is 0.117. The Morgan fingerprint density at radius 1 is 1.60 bits per heavy atom. The van der Waals surface area contributed by atoms with Crippen molar-refractivity contribution < 1.29 is 14.3 Å². The summed E-state index contributed by atoms with van der Waals surface area (Å²) in [4.78, 5) is 14.5. The second-order valence-corrected chi connectivity index (χ2v) is 4.51. The van der Waals surface area contributed by atoms with Crippen LogP contribution in [0.15, 0.2) is 16.7 Å². The van der Waals surface area contributed by atoms with Crippen molar-refractivity contribution in [1.82, 2.24) is 4.98 Å². The molecular weight excluding hydrogens is 265 g/mol. The lowest BCUT2D eigenvalue weighted by atomic mass is 9.89. The van der Waals surface area contributed by atoms with Crippen LogP contribution in [0.2, 0.25) is 0 Å². The second-order valence-electron chi connectivity index (χ2n) is 3.59. The Morgan fingerprint density at radius 2 is 2.20 bits per heavy atom. The van der Waals surface area contributed by atoms with Crippen LogP contribution in [0.4, 0.5) is 4.39 Å². The molecule has 1 heterocycles. The molecule has 1 rings (SSSR count). The molecule has 0 radical (unpaired) electrons. The van der Waals surface area contributed by atoms with Gasteiger partial charge in [-0.2, -0.15) is 4.39 Å². The maximum absolute atomic E-state index is 13.3. The molecule has 1 unspecified atom stereocenters. The summed E-state index contributed by atoms with van der Waals surface area (Å²) >= 11 is 3.14. The van der Waals surface area contributed by atoms with E-state index in [9.17, 15) is 9.18 Å². The average molecular weight is 276 g/mol. The summed E-state index contributed by atoms with van der Waals surface area (Å²) in [6.07, 6.45) is 1.30. The molecule has 82 valence electrons. The van der Waals surface area contributed by atoms with Crippen LogP contribution in [0.25, 0.3) is 0 Å². The fourth-order valence-electron chi connectivity index (χ4n) is 1.43. The highest BCUT2D eigenvalue weighted by molar-refractivity contribution is 9.10. The van der Waals surface area contributed by atoms with Crippen LogP contribution >= 0.6 is 15.9 Å². The van der Waals surface area contributed by atoms with E-state index < -0.39 is 17.8 Å². The Kier molecular flexibility index (Phi) is 3.79. The van der Waals surface area contributed by atoms with Crippen molar-refractivity contribution in [3.63, 3.8) is 0 Å². The number of hydrogen-bond donors (Lipinski definition) is 1. The number of pyridine rings is 1. The number of halogens is 2. The molecule has 0 spiro atoms. The first kappa shape index (κ1) is 12.1. The highest BCUT2D eigenvalue weighted by Gasteiger charge is 2.27. The van der Waals surface area contributed by atoms with Gasteiger partial charge in [-0.15, -0.1) is 0 Å². The lowest BCUT2D eigenvalue weighted by molar-refractivity contribution is -0.140. The number of aliphatic carboxylic acids is 1. The van der Waals surface area contributed by atoms with E-state index in [1.807, 2.05) is 0 Å². The molecular formula is C10H11BrFNO2. The van der Waals surface area contributed by atoms with Crippen molar-refractivity contribution in [2.45, 2.75) is 19.8 Å². The Bertz CT molecular complexity index is 382. The van der Waals surface area contributed by atoms with Crippen molar-refractivity contribution in [2.75, 3.05) is 0 Å². The molecule has 0 bridgehead atoms. The minimum absolute atomic E-state index is 0.117. The van der Waals surface area contributed by atoms with Crippen molar-refractivity contribution in [1.29, 1.82) is 0 Å². The molecule has 0 aliphatic carbocycles. The lowest BCUT2D eigenvalue weighted by Crippen LogP contribution is -2.19. The zero-order valence-electron chi connectivity index (χ0n) is 8.37. The normalized spacial score (nSPS) is 12.9. The van der Waals surface area contributed by atoms with E-state index in [2.05, 4.69) is 20.9 Å². The van der Waals surface area contributed by atoms with E-state index in [1.165, 1.54) is 12.3 Å². The Hall–Kier alpha value is -0.970. The van der Waals surface area contributed by atoms with E-state index >= 15 is 0 Å². The molecule has 0 aliphatic heterocycles. The number of rotatable bonds is 3. The van der Waals surface area contributed by atoms with Gasteiger partial charge < -0.3 is 5.11 Å². The van der Waals surface area contributed by atoms with Gasteiger partial charge in [0.1, 0.15) is 0 Å². The van der Waals surface area contributed by atoms with Gasteiger partial charge >= 0.3 is 5.97 Å². The van der Waals surface area contributed by atoms with Gasteiger partial charge in [-0.05, 0) is 27.9 Å². The molecule has 0 saturated carbocycles. The number of hydrogen-bond acceptors (Lipinski definition) is 2. The maximum Gasteiger partial charge on any atom is 0.311 e.